The molecule has 0 fully saturated rings. The Balaban J connectivity index is 2.70. The molecule has 0 aliphatic heterocycles. The molecule has 1 aromatic carbocycles. The molecule has 0 saturated carbocycles. The van der Waals surface area contributed by atoms with E-state index in [9.17, 15) is 23.6 Å². The van der Waals surface area contributed by atoms with Crippen LogP contribution in [0.5, 0.6) is 0 Å². The zero-order valence-electron chi connectivity index (χ0n) is 11.9. The predicted molar refractivity (Wildman–Crippen MR) is 75.2 cm³/mol. The number of carboxylic acids is 2. The number of rotatable bonds is 8. The molecule has 9 heteroatoms. The Morgan fingerprint density at radius 3 is 2.22 bits per heavy atom. The van der Waals surface area contributed by atoms with Crippen molar-refractivity contribution in [3.63, 3.8) is 0 Å². The molecule has 0 aliphatic rings. The van der Waals surface area contributed by atoms with Gasteiger partial charge in [0, 0.05) is 6.42 Å². The molecule has 2 amide bonds. The van der Waals surface area contributed by atoms with Gasteiger partial charge in [-0.2, -0.15) is 0 Å². The van der Waals surface area contributed by atoms with Gasteiger partial charge in [0.25, 0.3) is 0 Å². The molecule has 0 aliphatic carbocycles. The van der Waals surface area contributed by atoms with Crippen LogP contribution in [-0.4, -0.2) is 40.5 Å². The van der Waals surface area contributed by atoms with Crippen molar-refractivity contribution >= 4 is 24.3 Å². The van der Waals surface area contributed by atoms with Gasteiger partial charge < -0.3 is 25.6 Å². The average molecular weight is 326 g/mol. The summed E-state index contributed by atoms with van der Waals surface area (Å²) in [5, 5.41) is 22.0. The Morgan fingerprint density at radius 1 is 1.13 bits per heavy atom. The van der Waals surface area contributed by atoms with Gasteiger partial charge >= 0.3 is 18.0 Å². The van der Waals surface area contributed by atoms with Gasteiger partial charge in [-0.3, -0.25) is 4.79 Å². The Labute approximate surface area is 130 Å². The van der Waals surface area contributed by atoms with Crippen LogP contribution in [0.25, 0.3) is 0 Å². The number of carbonyl (C=O) groups is 4. The lowest BCUT2D eigenvalue weighted by atomic mass is 10.1. The molecule has 1 rings (SSSR count). The Bertz CT molecular complexity index is 589. The topological polar surface area (TPSA) is 133 Å². The Morgan fingerprint density at radius 2 is 1.74 bits per heavy atom. The first kappa shape index (κ1) is 18.1. The van der Waals surface area contributed by atoms with Gasteiger partial charge in [0.05, 0.1) is 6.04 Å². The van der Waals surface area contributed by atoms with Gasteiger partial charge in [0.15, 0.2) is 6.04 Å². The van der Waals surface area contributed by atoms with Crippen molar-refractivity contribution in [3.05, 3.63) is 35.6 Å². The maximum Gasteiger partial charge on any atom is 0.330 e. The summed E-state index contributed by atoms with van der Waals surface area (Å²) in [5.74, 6) is -3.06. The molecule has 2 atom stereocenters. The molecule has 1 aromatic rings. The van der Waals surface area contributed by atoms with E-state index in [1.165, 1.54) is 12.1 Å². The molecule has 0 saturated heterocycles. The Hall–Kier alpha value is -2.97. The van der Waals surface area contributed by atoms with Crippen molar-refractivity contribution in [2.45, 2.75) is 24.9 Å². The van der Waals surface area contributed by atoms with Crippen LogP contribution >= 0.6 is 0 Å². The van der Waals surface area contributed by atoms with Gasteiger partial charge in [-0.05, 0) is 24.1 Å². The fraction of sp³-hybridized carbons (Fsp3) is 0.286. The highest BCUT2D eigenvalue weighted by atomic mass is 19.1. The van der Waals surface area contributed by atoms with Gasteiger partial charge in [-0.25, -0.2) is 14.0 Å². The maximum atomic E-state index is 12.8. The minimum Gasteiger partial charge on any atom is -0.481 e. The van der Waals surface area contributed by atoms with Crippen molar-refractivity contribution in [2.24, 2.45) is 0 Å². The number of amides is 2. The van der Waals surface area contributed by atoms with Crippen molar-refractivity contribution < 1.29 is 33.8 Å². The van der Waals surface area contributed by atoms with Crippen LogP contribution in [0.4, 0.5) is 9.18 Å². The van der Waals surface area contributed by atoms with Crippen LogP contribution in [0.1, 0.15) is 24.4 Å². The summed E-state index contributed by atoms with van der Waals surface area (Å²) in [6.45, 7) is 0. The highest BCUT2D eigenvalue weighted by Gasteiger charge is 2.23. The number of carbonyl (C=O) groups excluding carboxylic acids is 2. The fourth-order valence-electron chi connectivity index (χ4n) is 1.74. The average Bonchev–Trinajstić information content (AvgIpc) is 2.49. The van der Waals surface area contributed by atoms with E-state index >= 15 is 0 Å². The van der Waals surface area contributed by atoms with Gasteiger partial charge in [-0.1, -0.05) is 12.1 Å². The highest BCUT2D eigenvalue weighted by molar-refractivity contribution is 5.85. The van der Waals surface area contributed by atoms with Crippen LogP contribution in [-0.2, 0) is 14.4 Å². The first-order valence-corrected chi connectivity index (χ1v) is 6.56. The predicted octanol–water partition coefficient (Wildman–Crippen LogP) is 0.683. The van der Waals surface area contributed by atoms with Crippen molar-refractivity contribution in [3.8, 4) is 0 Å². The van der Waals surface area contributed by atoms with Gasteiger partial charge in [-0.15, -0.1) is 0 Å². The molecule has 0 radical (unpaired) electrons. The minimum atomic E-state index is -1.44. The monoisotopic (exact) mass is 326 g/mol. The summed E-state index contributed by atoms with van der Waals surface area (Å²) in [5.41, 5.74) is 0.141. The summed E-state index contributed by atoms with van der Waals surface area (Å²) >= 11 is 0. The van der Waals surface area contributed by atoms with Crippen molar-refractivity contribution in [1.29, 1.82) is 0 Å². The lowest BCUT2D eigenvalue weighted by Gasteiger charge is -2.17. The summed E-state index contributed by atoms with van der Waals surface area (Å²) in [4.78, 5) is 44.2. The SMILES string of the molecule is O=C[C@H](CCC(=O)O)NC(=O)N[C@H](C(=O)O)c1ccc(F)cc1. The second kappa shape index (κ2) is 8.47. The third-order valence-electron chi connectivity index (χ3n) is 2.88. The third kappa shape index (κ3) is 6.12. The van der Waals surface area contributed by atoms with Gasteiger partial charge in [0.1, 0.15) is 12.1 Å². The van der Waals surface area contributed by atoms with Crippen LogP contribution < -0.4 is 10.6 Å². The van der Waals surface area contributed by atoms with Gasteiger partial charge in [0.2, 0.25) is 0 Å². The first-order valence-electron chi connectivity index (χ1n) is 6.56. The number of benzene rings is 1. The zero-order valence-corrected chi connectivity index (χ0v) is 11.9. The molecule has 0 heterocycles. The van der Waals surface area contributed by atoms with E-state index in [0.717, 1.165) is 12.1 Å². The summed E-state index contributed by atoms with van der Waals surface area (Å²) in [6.07, 6.45) is -0.0965. The number of halogens is 1. The van der Waals surface area contributed by atoms with E-state index in [4.69, 9.17) is 10.2 Å². The van der Waals surface area contributed by atoms with Crippen molar-refractivity contribution in [1.82, 2.24) is 10.6 Å². The summed E-state index contributed by atoms with van der Waals surface area (Å²) < 4.78 is 12.8. The van der Waals surface area contributed by atoms with Crippen LogP contribution in [0.15, 0.2) is 24.3 Å². The van der Waals surface area contributed by atoms with E-state index in [2.05, 4.69) is 10.6 Å². The first-order chi connectivity index (χ1) is 10.8. The standard InChI is InChI=1S/C14H15FN2O6/c15-9-3-1-8(2-4-9)12(13(21)22)17-14(23)16-10(7-18)5-6-11(19)20/h1-4,7,10,12H,5-6H2,(H,19,20)(H,21,22)(H2,16,17,23)/t10-,12-/m0/s1. The largest absolute Gasteiger partial charge is 0.481 e. The number of hydrogen-bond acceptors (Lipinski definition) is 4. The van der Waals surface area contributed by atoms with Crippen molar-refractivity contribution in [2.75, 3.05) is 0 Å². The second-order valence-electron chi connectivity index (χ2n) is 4.62. The van der Waals surface area contributed by atoms with E-state index in [0.29, 0.717) is 6.29 Å². The third-order valence-corrected chi connectivity index (χ3v) is 2.88. The molecule has 4 N–H and O–H groups in total. The minimum absolute atomic E-state index is 0.124. The van der Waals surface area contributed by atoms with E-state index in [1.54, 1.807) is 0 Å². The molecule has 0 aromatic heterocycles. The second-order valence-corrected chi connectivity index (χ2v) is 4.62. The molecule has 0 unspecified atom stereocenters. The molecule has 0 bridgehead atoms. The normalized spacial score (nSPS) is 12.7. The number of aliphatic carboxylic acids is 2. The molecular weight excluding hydrogens is 311 g/mol. The lowest BCUT2D eigenvalue weighted by molar-refractivity contribution is -0.139. The van der Waals surface area contributed by atoms with Crippen LogP contribution in [0, 0.1) is 5.82 Å². The fourth-order valence-corrected chi connectivity index (χ4v) is 1.74. The van der Waals surface area contributed by atoms with Crippen LogP contribution in [0.3, 0.4) is 0 Å². The maximum absolute atomic E-state index is 12.8. The molecular formula is C14H15FN2O6. The smallest absolute Gasteiger partial charge is 0.330 e. The molecule has 0 spiro atoms. The summed E-state index contributed by atoms with van der Waals surface area (Å²) in [7, 11) is 0. The molecule has 124 valence electrons. The van der Waals surface area contributed by atoms with E-state index in [1.807, 2.05) is 0 Å². The highest BCUT2D eigenvalue weighted by Crippen LogP contribution is 2.14. The van der Waals surface area contributed by atoms with Crippen LogP contribution in [0.2, 0.25) is 0 Å². The molecule has 23 heavy (non-hydrogen) atoms. The zero-order chi connectivity index (χ0) is 17.4. The molecule has 8 nitrogen and oxygen atoms in total. The number of hydrogen-bond donors (Lipinski definition) is 4. The number of carboxylic acid groups (broad SMARTS) is 2. The lowest BCUT2D eigenvalue weighted by Crippen LogP contribution is -2.46. The Kier molecular flexibility index (Phi) is 6.66. The number of urea groups is 1. The quantitative estimate of drug-likeness (QED) is 0.519. The van der Waals surface area contributed by atoms with E-state index in [-0.39, 0.29) is 18.4 Å². The number of nitrogens with one attached hydrogen (secondary N) is 2. The van der Waals surface area contributed by atoms with E-state index < -0.39 is 35.9 Å². The number of aldehydes is 1. The summed E-state index contributed by atoms with van der Waals surface area (Å²) in [6, 6.07) is 1.05.